The molecule has 7 heteroatoms. The van der Waals surface area contributed by atoms with Crippen molar-refractivity contribution in [1.82, 2.24) is 20.3 Å². The number of ether oxygens (including phenoxy) is 1. The summed E-state index contributed by atoms with van der Waals surface area (Å²) in [6.07, 6.45) is 3.88. The second-order valence-corrected chi connectivity index (χ2v) is 5.20. The van der Waals surface area contributed by atoms with Crippen LogP contribution in [0.15, 0.2) is 35.4 Å². The number of aromatic nitrogens is 3. The van der Waals surface area contributed by atoms with Crippen molar-refractivity contribution in [2.24, 2.45) is 0 Å². The van der Waals surface area contributed by atoms with E-state index >= 15 is 0 Å². The Kier molecular flexibility index (Phi) is 3.97. The molecule has 1 amide bonds. The maximum absolute atomic E-state index is 12.3. The zero-order valence-electron chi connectivity index (χ0n) is 12.1. The molecule has 0 aromatic carbocycles. The number of nitrogens with zero attached hydrogens (tertiary/aromatic N) is 2. The highest BCUT2D eigenvalue weighted by molar-refractivity contribution is 5.92. The molecule has 0 bridgehead atoms. The van der Waals surface area contributed by atoms with Crippen molar-refractivity contribution in [3.8, 4) is 0 Å². The van der Waals surface area contributed by atoms with Gasteiger partial charge in [0.2, 0.25) is 0 Å². The van der Waals surface area contributed by atoms with Gasteiger partial charge in [-0.25, -0.2) is 4.79 Å². The van der Waals surface area contributed by atoms with E-state index in [1.165, 1.54) is 0 Å². The van der Waals surface area contributed by atoms with E-state index in [0.29, 0.717) is 18.7 Å². The van der Waals surface area contributed by atoms with Crippen molar-refractivity contribution in [3.05, 3.63) is 58.0 Å². The second-order valence-electron chi connectivity index (χ2n) is 5.20. The first-order chi connectivity index (χ1) is 10.6. The lowest BCUT2D eigenvalue weighted by molar-refractivity contribution is 0.0816. The molecular formula is C15H16N4O3. The van der Waals surface area contributed by atoms with E-state index in [2.05, 4.69) is 20.3 Å². The molecule has 1 aliphatic rings. The Hall–Kier alpha value is -2.54. The van der Waals surface area contributed by atoms with E-state index in [-0.39, 0.29) is 23.7 Å². The first-order valence-corrected chi connectivity index (χ1v) is 7.04. The van der Waals surface area contributed by atoms with Crippen LogP contribution in [0.5, 0.6) is 0 Å². The molecule has 0 radical (unpaired) electrons. The van der Waals surface area contributed by atoms with Gasteiger partial charge >= 0.3 is 5.69 Å². The fraction of sp³-hybridized carbons (Fsp3) is 0.333. The molecule has 1 fully saturated rings. The van der Waals surface area contributed by atoms with Crippen molar-refractivity contribution in [3.63, 3.8) is 0 Å². The third-order valence-electron chi connectivity index (χ3n) is 3.53. The third kappa shape index (κ3) is 3.04. The van der Waals surface area contributed by atoms with Crippen LogP contribution in [0.25, 0.3) is 0 Å². The second kappa shape index (κ2) is 6.07. The molecule has 2 aromatic heterocycles. The highest BCUT2D eigenvalue weighted by Gasteiger charge is 2.31. The van der Waals surface area contributed by atoms with E-state index in [4.69, 9.17) is 4.74 Å². The van der Waals surface area contributed by atoms with Crippen LogP contribution in [-0.2, 0) is 4.74 Å². The van der Waals surface area contributed by atoms with Crippen LogP contribution in [0, 0.1) is 6.92 Å². The Morgan fingerprint density at radius 1 is 1.50 bits per heavy atom. The highest BCUT2D eigenvalue weighted by atomic mass is 16.5. The first kappa shape index (κ1) is 14.4. The number of nitrogens with one attached hydrogen (secondary N) is 2. The number of pyridine rings is 1. The Morgan fingerprint density at radius 2 is 2.36 bits per heavy atom. The van der Waals surface area contributed by atoms with E-state index in [1.54, 1.807) is 25.4 Å². The van der Waals surface area contributed by atoms with Gasteiger partial charge in [-0.15, -0.1) is 0 Å². The summed E-state index contributed by atoms with van der Waals surface area (Å²) < 4.78 is 5.69. The minimum atomic E-state index is -0.531. The van der Waals surface area contributed by atoms with Crippen LogP contribution >= 0.6 is 0 Å². The Bertz CT molecular complexity index is 729. The third-order valence-corrected chi connectivity index (χ3v) is 3.53. The van der Waals surface area contributed by atoms with E-state index in [1.807, 2.05) is 12.1 Å². The van der Waals surface area contributed by atoms with E-state index < -0.39 is 5.69 Å². The molecule has 1 aliphatic heterocycles. The van der Waals surface area contributed by atoms with Crippen molar-refractivity contribution >= 4 is 5.91 Å². The number of aromatic amines is 1. The number of amides is 1. The van der Waals surface area contributed by atoms with Crippen molar-refractivity contribution in [2.75, 3.05) is 6.61 Å². The van der Waals surface area contributed by atoms with Gasteiger partial charge in [0.25, 0.3) is 5.91 Å². The van der Waals surface area contributed by atoms with Crippen LogP contribution in [-0.4, -0.2) is 33.5 Å². The van der Waals surface area contributed by atoms with Crippen molar-refractivity contribution in [2.45, 2.75) is 25.5 Å². The molecule has 2 aromatic rings. The molecule has 2 N–H and O–H groups in total. The summed E-state index contributed by atoms with van der Waals surface area (Å²) in [4.78, 5) is 33.9. The smallest absolute Gasteiger partial charge is 0.345 e. The maximum atomic E-state index is 12.3. The van der Waals surface area contributed by atoms with Gasteiger partial charge in [-0.3, -0.25) is 9.78 Å². The summed E-state index contributed by atoms with van der Waals surface area (Å²) >= 11 is 0. The molecule has 0 spiro atoms. The van der Waals surface area contributed by atoms with Crippen LogP contribution in [0.2, 0.25) is 0 Å². The van der Waals surface area contributed by atoms with Gasteiger partial charge in [-0.2, -0.15) is 4.98 Å². The first-order valence-electron chi connectivity index (χ1n) is 7.04. The minimum Gasteiger partial charge on any atom is -0.371 e. The molecule has 0 aliphatic carbocycles. The summed E-state index contributed by atoms with van der Waals surface area (Å²) in [6, 6.07) is 5.12. The molecule has 1 saturated heterocycles. The molecule has 22 heavy (non-hydrogen) atoms. The lowest BCUT2D eigenvalue weighted by Gasteiger charge is -2.19. The van der Waals surface area contributed by atoms with Gasteiger partial charge in [0, 0.05) is 30.3 Å². The molecule has 0 saturated carbocycles. The molecule has 7 nitrogen and oxygen atoms in total. The lowest BCUT2D eigenvalue weighted by Crippen LogP contribution is -2.38. The Balaban J connectivity index is 1.77. The van der Waals surface area contributed by atoms with Gasteiger partial charge in [-0.05, 0) is 25.5 Å². The topological polar surface area (TPSA) is 97.0 Å². The van der Waals surface area contributed by atoms with Gasteiger partial charge in [0.1, 0.15) is 11.8 Å². The molecule has 0 unspecified atom stereocenters. The maximum Gasteiger partial charge on any atom is 0.345 e. The Labute approximate surface area is 126 Å². The summed E-state index contributed by atoms with van der Waals surface area (Å²) in [5, 5.41) is 2.89. The summed E-state index contributed by atoms with van der Waals surface area (Å²) in [6.45, 7) is 2.27. The number of aryl methyl sites for hydroxylation is 1. The lowest BCUT2D eigenvalue weighted by atomic mass is 10.0. The fourth-order valence-electron chi connectivity index (χ4n) is 2.55. The largest absolute Gasteiger partial charge is 0.371 e. The number of carbonyl (C=O) groups is 1. The van der Waals surface area contributed by atoms with Gasteiger partial charge < -0.3 is 15.0 Å². The van der Waals surface area contributed by atoms with Crippen LogP contribution in [0.1, 0.15) is 34.3 Å². The predicted octanol–water partition coefficient (Wildman–Crippen LogP) is 0.733. The van der Waals surface area contributed by atoms with E-state index in [9.17, 15) is 9.59 Å². The summed E-state index contributed by atoms with van der Waals surface area (Å²) in [5.41, 5.74) is 1.09. The van der Waals surface area contributed by atoms with Crippen molar-refractivity contribution < 1.29 is 9.53 Å². The number of hydrogen-bond donors (Lipinski definition) is 2. The molecule has 114 valence electrons. The quantitative estimate of drug-likeness (QED) is 0.871. The van der Waals surface area contributed by atoms with Crippen LogP contribution in [0.3, 0.4) is 0 Å². The van der Waals surface area contributed by atoms with Crippen LogP contribution < -0.4 is 11.0 Å². The van der Waals surface area contributed by atoms with E-state index in [0.717, 1.165) is 5.56 Å². The van der Waals surface area contributed by atoms with Gasteiger partial charge in [0.05, 0.1) is 6.04 Å². The van der Waals surface area contributed by atoms with Gasteiger partial charge in [-0.1, -0.05) is 6.07 Å². The number of rotatable bonds is 3. The average Bonchev–Trinajstić information content (AvgIpc) is 2.95. The monoisotopic (exact) mass is 300 g/mol. The van der Waals surface area contributed by atoms with Crippen LogP contribution in [0.4, 0.5) is 0 Å². The number of carbonyl (C=O) groups excluding carboxylic acids is 1. The molecular weight excluding hydrogens is 284 g/mol. The van der Waals surface area contributed by atoms with Gasteiger partial charge in [0.15, 0.2) is 0 Å². The zero-order chi connectivity index (χ0) is 15.5. The predicted molar refractivity (Wildman–Crippen MR) is 78.4 cm³/mol. The average molecular weight is 300 g/mol. The molecule has 3 heterocycles. The fourth-order valence-corrected chi connectivity index (χ4v) is 2.55. The number of hydrogen-bond acceptors (Lipinski definition) is 5. The zero-order valence-corrected chi connectivity index (χ0v) is 12.1. The summed E-state index contributed by atoms with van der Waals surface area (Å²) in [7, 11) is 0. The normalized spacial score (nSPS) is 20.8. The molecule has 3 rings (SSSR count). The summed E-state index contributed by atoms with van der Waals surface area (Å²) in [5.74, 6) is -0.376. The SMILES string of the molecule is Cc1cc(C(=O)N[C@H]2CCO[C@@H]2c2cccnc2)nc(=O)[nH]1. The molecule has 2 atom stereocenters. The standard InChI is InChI=1S/C15H16N4O3/c1-9-7-12(19-15(21)17-9)14(20)18-11-4-6-22-13(11)10-3-2-5-16-8-10/h2-3,5,7-8,11,13H,4,6H2,1H3,(H,18,20)(H,17,19,21)/t11-,13+/m0/s1. The minimum absolute atomic E-state index is 0.109. The van der Waals surface area contributed by atoms with Crippen molar-refractivity contribution in [1.29, 1.82) is 0 Å². The Morgan fingerprint density at radius 3 is 3.09 bits per heavy atom. The highest BCUT2D eigenvalue weighted by Crippen LogP contribution is 2.28. The number of H-pyrrole nitrogens is 1.